The molecular weight excluding hydrogens is 346 g/mol. The van der Waals surface area contributed by atoms with Crippen molar-refractivity contribution in [3.05, 3.63) is 51.1 Å². The quantitative estimate of drug-likeness (QED) is 0.563. The van der Waals surface area contributed by atoms with E-state index in [1.165, 1.54) is 24.3 Å². The average Bonchev–Trinajstić information content (AvgIpc) is 2.54. The van der Waals surface area contributed by atoms with E-state index in [1.54, 1.807) is 0 Å². The van der Waals surface area contributed by atoms with Gasteiger partial charge in [0, 0.05) is 5.69 Å². The molecule has 25 heavy (non-hydrogen) atoms. The van der Waals surface area contributed by atoms with Crippen molar-refractivity contribution in [1.82, 2.24) is 9.97 Å². The van der Waals surface area contributed by atoms with Gasteiger partial charge in [0.15, 0.2) is 6.61 Å². The van der Waals surface area contributed by atoms with E-state index in [0.29, 0.717) is 0 Å². The number of amides is 1. The van der Waals surface area contributed by atoms with Crippen molar-refractivity contribution >= 4 is 17.3 Å². The molecule has 12 heteroatoms. The van der Waals surface area contributed by atoms with Gasteiger partial charge in [0.05, 0.1) is 11.3 Å². The molecule has 1 heterocycles. The summed E-state index contributed by atoms with van der Waals surface area (Å²) in [6.45, 7) is -3.63. The van der Waals surface area contributed by atoms with E-state index in [-0.39, 0.29) is 11.4 Å². The van der Waals surface area contributed by atoms with Crippen molar-refractivity contribution in [2.75, 3.05) is 11.9 Å². The fourth-order valence-corrected chi connectivity index (χ4v) is 1.69. The maximum Gasteiger partial charge on any atom is 0.395 e. The van der Waals surface area contributed by atoms with Crippen LogP contribution in [0.3, 0.4) is 0 Å². The first-order valence-corrected chi connectivity index (χ1v) is 6.56. The van der Waals surface area contributed by atoms with E-state index >= 15 is 0 Å². The number of hydrogen-bond donors (Lipinski definition) is 2. The number of aromatic amines is 1. The summed E-state index contributed by atoms with van der Waals surface area (Å²) in [6.07, 6.45) is 0.893. The van der Waals surface area contributed by atoms with Crippen molar-refractivity contribution in [2.45, 2.75) is 6.61 Å². The number of aromatic nitrogens is 2. The molecule has 0 spiro atoms. The summed E-state index contributed by atoms with van der Waals surface area (Å²) in [5.74, 6) is -1.41. The molecule has 132 valence electrons. The number of nitro groups is 1. The van der Waals surface area contributed by atoms with Crippen molar-refractivity contribution in [2.24, 2.45) is 0 Å². The van der Waals surface area contributed by atoms with Gasteiger partial charge in [-0.15, -0.1) is 0 Å². The zero-order valence-corrected chi connectivity index (χ0v) is 12.3. The zero-order valence-electron chi connectivity index (χ0n) is 12.3. The minimum atomic E-state index is -2.97. The smallest absolute Gasteiger partial charge is 0.395 e. The summed E-state index contributed by atoms with van der Waals surface area (Å²) in [7, 11) is 0. The van der Waals surface area contributed by atoms with Gasteiger partial charge in [-0.05, 0) is 24.3 Å². The second-order valence-electron chi connectivity index (χ2n) is 4.38. The fraction of sp³-hybridized carbons (Fsp3) is 0.154. The highest BCUT2D eigenvalue weighted by Gasteiger charge is 2.22. The third-order valence-corrected chi connectivity index (χ3v) is 2.68. The van der Waals surface area contributed by atoms with Gasteiger partial charge in [0.1, 0.15) is 5.75 Å². The molecule has 0 aliphatic heterocycles. The highest BCUT2D eigenvalue weighted by Crippen LogP contribution is 2.19. The van der Waals surface area contributed by atoms with Crippen LogP contribution in [0.25, 0.3) is 0 Å². The predicted molar refractivity (Wildman–Crippen MR) is 78.7 cm³/mol. The Bertz CT molecular complexity index is 824. The van der Waals surface area contributed by atoms with Gasteiger partial charge < -0.3 is 19.8 Å². The van der Waals surface area contributed by atoms with Gasteiger partial charge in [-0.3, -0.25) is 19.7 Å². The fourth-order valence-electron chi connectivity index (χ4n) is 1.69. The lowest BCUT2D eigenvalue weighted by atomic mass is 10.3. The van der Waals surface area contributed by atoms with E-state index in [1.807, 2.05) is 4.98 Å². The number of benzene rings is 1. The molecule has 0 saturated carbocycles. The third-order valence-electron chi connectivity index (χ3n) is 2.68. The topological polar surface area (TPSA) is 136 Å². The molecule has 0 bridgehead atoms. The normalized spacial score (nSPS) is 10.4. The van der Waals surface area contributed by atoms with Crippen molar-refractivity contribution in [3.8, 4) is 11.6 Å². The van der Waals surface area contributed by atoms with Crippen LogP contribution in [0.4, 0.5) is 20.2 Å². The number of nitrogens with zero attached hydrogens (tertiary/aromatic N) is 2. The summed E-state index contributed by atoms with van der Waals surface area (Å²) in [4.78, 5) is 38.4. The molecule has 2 rings (SSSR count). The van der Waals surface area contributed by atoms with E-state index in [4.69, 9.17) is 4.74 Å². The van der Waals surface area contributed by atoms with Gasteiger partial charge >= 0.3 is 23.7 Å². The maximum atomic E-state index is 12.0. The minimum absolute atomic E-state index is 0.0902. The number of halogens is 2. The molecule has 2 N–H and O–H groups in total. The lowest BCUT2D eigenvalue weighted by Crippen LogP contribution is -2.22. The van der Waals surface area contributed by atoms with Crippen molar-refractivity contribution in [3.63, 3.8) is 0 Å². The van der Waals surface area contributed by atoms with Crippen molar-refractivity contribution in [1.29, 1.82) is 0 Å². The van der Waals surface area contributed by atoms with Gasteiger partial charge in [0.25, 0.3) is 5.91 Å². The van der Waals surface area contributed by atoms with E-state index in [2.05, 4.69) is 15.0 Å². The van der Waals surface area contributed by atoms with Crippen LogP contribution in [0.2, 0.25) is 0 Å². The number of nitrogens with one attached hydrogen (secondary N) is 2. The average molecular weight is 356 g/mol. The lowest BCUT2D eigenvalue weighted by Gasteiger charge is -2.08. The van der Waals surface area contributed by atoms with Crippen LogP contribution < -0.4 is 20.3 Å². The van der Waals surface area contributed by atoms with Crippen LogP contribution in [0.1, 0.15) is 0 Å². The van der Waals surface area contributed by atoms with E-state index in [9.17, 15) is 28.5 Å². The van der Waals surface area contributed by atoms with E-state index in [0.717, 1.165) is 6.33 Å². The first kappa shape index (κ1) is 17.8. The van der Waals surface area contributed by atoms with Gasteiger partial charge in [0.2, 0.25) is 0 Å². The first-order valence-electron chi connectivity index (χ1n) is 6.56. The van der Waals surface area contributed by atoms with Gasteiger partial charge in [-0.2, -0.15) is 13.8 Å². The number of carbonyl (C=O) groups excluding carboxylic acids is 1. The molecule has 1 aromatic heterocycles. The first-order chi connectivity index (χ1) is 11.9. The number of ether oxygens (including phenoxy) is 2. The second-order valence-corrected chi connectivity index (χ2v) is 4.38. The number of H-pyrrole nitrogens is 1. The van der Waals surface area contributed by atoms with Crippen LogP contribution in [-0.2, 0) is 4.79 Å². The molecule has 0 unspecified atom stereocenters. The molecule has 1 aromatic carbocycles. The van der Waals surface area contributed by atoms with Crippen LogP contribution in [0.15, 0.2) is 35.4 Å². The minimum Gasteiger partial charge on any atom is -0.462 e. The summed E-state index contributed by atoms with van der Waals surface area (Å²) in [5, 5.41) is 13.2. The Balaban J connectivity index is 1.96. The number of anilines is 1. The summed E-state index contributed by atoms with van der Waals surface area (Å²) < 4.78 is 33.1. The number of rotatable bonds is 7. The maximum absolute atomic E-state index is 12.0. The molecule has 0 saturated heterocycles. The molecule has 0 radical (unpaired) electrons. The Labute approximate surface area is 137 Å². The SMILES string of the molecule is O=C(COc1nc[nH]c(=O)c1[N+](=O)[O-])Nc1ccc(OC(F)F)cc1. The number of hydrogen-bond acceptors (Lipinski definition) is 7. The monoisotopic (exact) mass is 356 g/mol. The molecule has 0 aliphatic rings. The zero-order chi connectivity index (χ0) is 18.4. The summed E-state index contributed by atoms with van der Waals surface area (Å²) >= 11 is 0. The highest BCUT2D eigenvalue weighted by atomic mass is 19.3. The van der Waals surface area contributed by atoms with Crippen LogP contribution >= 0.6 is 0 Å². The van der Waals surface area contributed by atoms with Crippen LogP contribution in [0.5, 0.6) is 11.6 Å². The molecule has 1 amide bonds. The molecule has 2 aromatic rings. The Hall–Kier alpha value is -3.57. The second kappa shape index (κ2) is 7.81. The van der Waals surface area contributed by atoms with Crippen LogP contribution in [-0.4, -0.2) is 34.0 Å². The van der Waals surface area contributed by atoms with Gasteiger partial charge in [-0.25, -0.2) is 0 Å². The third kappa shape index (κ3) is 4.95. The number of carbonyl (C=O) groups is 1. The lowest BCUT2D eigenvalue weighted by molar-refractivity contribution is -0.387. The predicted octanol–water partition coefficient (Wildman–Crippen LogP) is 1.30. The molecule has 0 aliphatic carbocycles. The molecule has 0 atom stereocenters. The molecular formula is C13H10F2N4O6. The highest BCUT2D eigenvalue weighted by molar-refractivity contribution is 5.91. The Morgan fingerprint density at radius 3 is 2.64 bits per heavy atom. The molecule has 0 fully saturated rings. The molecule has 10 nitrogen and oxygen atoms in total. The summed E-state index contributed by atoms with van der Waals surface area (Å²) in [5.41, 5.74) is -1.70. The van der Waals surface area contributed by atoms with Crippen molar-refractivity contribution < 1.29 is 28.0 Å². The standard InChI is InChI=1S/C13H10F2N4O6/c14-13(15)25-8-3-1-7(2-4-8)18-9(20)5-24-12-10(19(22)23)11(21)16-6-17-12/h1-4,6,13H,5H2,(H,18,20)(H,16,17,21). The summed E-state index contributed by atoms with van der Waals surface area (Å²) in [6, 6.07) is 5.05. The van der Waals surface area contributed by atoms with Crippen LogP contribution in [0, 0.1) is 10.1 Å². The Morgan fingerprint density at radius 2 is 2.04 bits per heavy atom. The largest absolute Gasteiger partial charge is 0.462 e. The van der Waals surface area contributed by atoms with Gasteiger partial charge in [-0.1, -0.05) is 0 Å². The van der Waals surface area contributed by atoms with E-state index < -0.39 is 41.2 Å². The Kier molecular flexibility index (Phi) is 5.55. The number of alkyl halides is 2. The Morgan fingerprint density at radius 1 is 1.36 bits per heavy atom.